The maximum absolute atomic E-state index is 13.4. The molecular formula is C26H21N5O6S. The molecule has 0 spiro atoms. The summed E-state index contributed by atoms with van der Waals surface area (Å²) in [6.07, 6.45) is 1.55. The monoisotopic (exact) mass is 531 g/mol. The fraction of sp³-hybridized carbons (Fsp3) is 0.0769. The van der Waals surface area contributed by atoms with E-state index in [1.807, 2.05) is 18.2 Å². The molecule has 3 aromatic carbocycles. The maximum atomic E-state index is 13.4. The summed E-state index contributed by atoms with van der Waals surface area (Å²) < 4.78 is 10.2. The number of nitrogens with zero attached hydrogens (tertiary/aromatic N) is 3. The van der Waals surface area contributed by atoms with E-state index in [-0.39, 0.29) is 23.1 Å². The molecule has 0 saturated heterocycles. The van der Waals surface area contributed by atoms with Crippen molar-refractivity contribution in [3.05, 3.63) is 106 Å². The van der Waals surface area contributed by atoms with Crippen LogP contribution in [0.1, 0.15) is 11.1 Å². The van der Waals surface area contributed by atoms with Crippen LogP contribution in [-0.2, 0) is 14.3 Å². The molecule has 1 aliphatic rings. The average Bonchev–Trinajstić information content (AvgIpc) is 3.23. The second-order valence-electron chi connectivity index (χ2n) is 7.74. The molecule has 192 valence electrons. The number of aliphatic imine (C=N–C) groups is 1. The number of amides is 1. The molecule has 38 heavy (non-hydrogen) atoms. The van der Waals surface area contributed by atoms with Gasteiger partial charge in [0, 0.05) is 28.9 Å². The van der Waals surface area contributed by atoms with Gasteiger partial charge in [-0.15, -0.1) is 0 Å². The number of carbonyl (C=O) groups is 2. The number of nitro groups is 1. The van der Waals surface area contributed by atoms with Crippen LogP contribution < -0.4 is 15.5 Å². The molecule has 0 unspecified atom stereocenters. The van der Waals surface area contributed by atoms with Crippen molar-refractivity contribution in [2.45, 2.75) is 0 Å². The van der Waals surface area contributed by atoms with Crippen LogP contribution in [0.4, 0.5) is 11.4 Å². The van der Waals surface area contributed by atoms with Crippen molar-refractivity contribution in [2.75, 3.05) is 19.0 Å². The number of nitro benzene ring substituents is 1. The van der Waals surface area contributed by atoms with Gasteiger partial charge < -0.3 is 14.8 Å². The maximum Gasteiger partial charge on any atom is 0.343 e. The van der Waals surface area contributed by atoms with Crippen LogP contribution in [0.25, 0.3) is 6.08 Å². The van der Waals surface area contributed by atoms with Crippen molar-refractivity contribution in [1.29, 1.82) is 0 Å². The van der Waals surface area contributed by atoms with Gasteiger partial charge in [-0.3, -0.25) is 20.3 Å². The molecule has 0 saturated carbocycles. The molecule has 3 aromatic rings. The molecule has 1 amide bonds. The minimum atomic E-state index is -0.543. The Labute approximate surface area is 222 Å². The highest BCUT2D eigenvalue weighted by molar-refractivity contribution is 7.80. The standard InChI is InChI=1S/C26H21N5O6S/c1-36-23(32)16-37-22-10-6-5-9-18(22)15-21-25(33)30(24(28-21)17-7-3-2-4-8-17)29-26(38)27-19-11-13-20(14-12-19)31(34)35/h2-15H,16H2,1H3,(H2,27,29,38)/b21-15-. The summed E-state index contributed by atoms with van der Waals surface area (Å²) in [7, 11) is 1.26. The molecule has 1 aliphatic heterocycles. The number of esters is 1. The number of hydrogen-bond acceptors (Lipinski definition) is 8. The van der Waals surface area contributed by atoms with Crippen molar-refractivity contribution in [3.63, 3.8) is 0 Å². The summed E-state index contributed by atoms with van der Waals surface area (Å²) in [5.41, 5.74) is 4.57. The lowest BCUT2D eigenvalue weighted by Gasteiger charge is -2.21. The Bertz CT molecular complexity index is 1440. The SMILES string of the molecule is COC(=O)COc1ccccc1/C=C1\N=C(c2ccccc2)N(NC(=S)Nc2ccc([N+](=O)[O-])cc2)C1=O. The summed E-state index contributed by atoms with van der Waals surface area (Å²) in [6.45, 7) is -0.292. The number of hydrogen-bond donors (Lipinski definition) is 2. The van der Waals surface area contributed by atoms with Crippen LogP contribution in [0.2, 0.25) is 0 Å². The summed E-state index contributed by atoms with van der Waals surface area (Å²) in [5, 5.41) is 15.1. The lowest BCUT2D eigenvalue weighted by Crippen LogP contribution is -2.48. The molecule has 11 nitrogen and oxygen atoms in total. The molecule has 0 bridgehead atoms. The van der Waals surface area contributed by atoms with Crippen molar-refractivity contribution >= 4 is 52.5 Å². The van der Waals surface area contributed by atoms with Gasteiger partial charge in [-0.25, -0.2) is 9.79 Å². The van der Waals surface area contributed by atoms with Crippen molar-refractivity contribution in [1.82, 2.24) is 10.4 Å². The zero-order chi connectivity index (χ0) is 27.1. The van der Waals surface area contributed by atoms with Gasteiger partial charge in [0.05, 0.1) is 12.0 Å². The number of hydrazine groups is 1. The lowest BCUT2D eigenvalue weighted by molar-refractivity contribution is -0.384. The van der Waals surface area contributed by atoms with Crippen molar-refractivity contribution in [2.24, 2.45) is 4.99 Å². The first-order valence-electron chi connectivity index (χ1n) is 11.2. The first-order valence-corrected chi connectivity index (χ1v) is 11.6. The predicted octanol–water partition coefficient (Wildman–Crippen LogP) is 3.68. The van der Waals surface area contributed by atoms with Gasteiger partial charge in [0.25, 0.3) is 11.6 Å². The van der Waals surface area contributed by atoms with E-state index in [0.29, 0.717) is 28.4 Å². The van der Waals surface area contributed by atoms with E-state index in [0.717, 1.165) is 0 Å². The van der Waals surface area contributed by atoms with E-state index in [1.165, 1.54) is 36.4 Å². The first kappa shape index (κ1) is 26.0. The van der Waals surface area contributed by atoms with E-state index in [9.17, 15) is 19.7 Å². The van der Waals surface area contributed by atoms with Crippen LogP contribution in [0, 0.1) is 10.1 Å². The Balaban J connectivity index is 1.59. The molecule has 0 radical (unpaired) electrons. The molecule has 1 heterocycles. The van der Waals surface area contributed by atoms with Gasteiger partial charge in [-0.2, -0.15) is 5.01 Å². The molecule has 0 aromatic heterocycles. The third kappa shape index (κ3) is 6.17. The topological polar surface area (TPSA) is 135 Å². The highest BCUT2D eigenvalue weighted by Crippen LogP contribution is 2.26. The third-order valence-electron chi connectivity index (χ3n) is 5.23. The number of para-hydroxylation sites is 1. The largest absolute Gasteiger partial charge is 0.481 e. The minimum Gasteiger partial charge on any atom is -0.481 e. The second-order valence-corrected chi connectivity index (χ2v) is 8.15. The number of amidine groups is 1. The van der Waals surface area contributed by atoms with Gasteiger partial charge in [0.15, 0.2) is 17.6 Å². The molecule has 12 heteroatoms. The number of nitrogens with one attached hydrogen (secondary N) is 2. The predicted molar refractivity (Wildman–Crippen MR) is 144 cm³/mol. The normalized spacial score (nSPS) is 13.6. The van der Waals surface area contributed by atoms with Gasteiger partial charge in [-0.05, 0) is 36.5 Å². The van der Waals surface area contributed by atoms with Crippen LogP contribution in [-0.4, -0.2) is 46.5 Å². The zero-order valence-electron chi connectivity index (χ0n) is 20.0. The highest BCUT2D eigenvalue weighted by Gasteiger charge is 2.32. The van der Waals surface area contributed by atoms with E-state index < -0.39 is 16.8 Å². The highest BCUT2D eigenvalue weighted by atomic mass is 32.1. The molecule has 0 aliphatic carbocycles. The van der Waals surface area contributed by atoms with Gasteiger partial charge in [0.2, 0.25) is 0 Å². The molecule has 0 fully saturated rings. The number of carbonyl (C=O) groups excluding carboxylic acids is 2. The first-order chi connectivity index (χ1) is 18.4. The average molecular weight is 532 g/mol. The molecule has 2 N–H and O–H groups in total. The molecular weight excluding hydrogens is 510 g/mol. The lowest BCUT2D eigenvalue weighted by atomic mass is 10.1. The van der Waals surface area contributed by atoms with Crippen LogP contribution in [0.15, 0.2) is 89.6 Å². The number of methoxy groups -OCH3 is 1. The Hall–Kier alpha value is -5.10. The zero-order valence-corrected chi connectivity index (χ0v) is 20.8. The minimum absolute atomic E-state index is 0.0618. The number of ether oxygens (including phenoxy) is 2. The molecule has 4 rings (SSSR count). The second kappa shape index (κ2) is 11.8. The number of anilines is 1. The fourth-order valence-corrected chi connectivity index (χ4v) is 3.61. The Kier molecular flexibility index (Phi) is 8.04. The number of non-ortho nitro benzene ring substituents is 1. The summed E-state index contributed by atoms with van der Waals surface area (Å²) >= 11 is 5.38. The van der Waals surface area contributed by atoms with E-state index in [2.05, 4.69) is 20.5 Å². The smallest absolute Gasteiger partial charge is 0.343 e. The number of thiocarbonyl (C=S) groups is 1. The molecule has 0 atom stereocenters. The Morgan fingerprint density at radius 3 is 2.45 bits per heavy atom. The van der Waals surface area contributed by atoms with E-state index in [1.54, 1.807) is 42.5 Å². The van der Waals surface area contributed by atoms with Crippen LogP contribution in [0.5, 0.6) is 5.75 Å². The summed E-state index contributed by atoms with van der Waals surface area (Å²) in [5.74, 6) is -0.350. The van der Waals surface area contributed by atoms with Crippen LogP contribution in [0.3, 0.4) is 0 Å². The fourth-order valence-electron chi connectivity index (χ4n) is 3.40. The van der Waals surface area contributed by atoms with Crippen LogP contribution >= 0.6 is 12.2 Å². The van der Waals surface area contributed by atoms with Gasteiger partial charge >= 0.3 is 5.97 Å². The van der Waals surface area contributed by atoms with Crippen molar-refractivity contribution < 1.29 is 24.0 Å². The summed E-state index contributed by atoms with van der Waals surface area (Å²) in [6, 6.07) is 21.6. The number of benzene rings is 3. The van der Waals surface area contributed by atoms with E-state index in [4.69, 9.17) is 17.0 Å². The third-order valence-corrected chi connectivity index (χ3v) is 5.42. The Morgan fingerprint density at radius 2 is 1.76 bits per heavy atom. The quantitative estimate of drug-likeness (QED) is 0.147. The Morgan fingerprint density at radius 1 is 1.08 bits per heavy atom. The van der Waals surface area contributed by atoms with Crippen molar-refractivity contribution in [3.8, 4) is 5.75 Å². The van der Waals surface area contributed by atoms with Gasteiger partial charge in [0.1, 0.15) is 11.4 Å². The van der Waals surface area contributed by atoms with E-state index >= 15 is 0 Å². The van der Waals surface area contributed by atoms with Gasteiger partial charge in [-0.1, -0.05) is 48.5 Å². The summed E-state index contributed by atoms with van der Waals surface area (Å²) in [4.78, 5) is 39.9. The number of rotatable bonds is 8.